The van der Waals surface area contributed by atoms with Crippen LogP contribution in [0.5, 0.6) is 5.75 Å². The summed E-state index contributed by atoms with van der Waals surface area (Å²) in [7, 11) is 1.51. The summed E-state index contributed by atoms with van der Waals surface area (Å²) in [6, 6.07) is 4.95. The maximum absolute atomic E-state index is 9.84. The molecule has 15 heavy (non-hydrogen) atoms. The number of hydrogen-bond acceptors (Lipinski definition) is 3. The van der Waals surface area contributed by atoms with Crippen molar-refractivity contribution in [1.29, 1.82) is 0 Å². The number of hydrogen-bond donors (Lipinski definition) is 2. The molecule has 1 rings (SSSR count). The maximum Gasteiger partial charge on any atom is 0.124 e. The van der Waals surface area contributed by atoms with Gasteiger partial charge in [-0.2, -0.15) is 0 Å². The fourth-order valence-electron chi connectivity index (χ4n) is 1.37. The SMILES string of the molecule is CCC(O)C(O)c1cc(Cl)ccc1OC. The molecule has 0 bridgehead atoms. The van der Waals surface area contributed by atoms with E-state index in [0.717, 1.165) is 0 Å². The summed E-state index contributed by atoms with van der Waals surface area (Å²) in [5.41, 5.74) is 0.513. The van der Waals surface area contributed by atoms with E-state index in [4.69, 9.17) is 16.3 Å². The van der Waals surface area contributed by atoms with Gasteiger partial charge in [-0.3, -0.25) is 0 Å². The molecule has 2 atom stereocenters. The van der Waals surface area contributed by atoms with Gasteiger partial charge in [0.25, 0.3) is 0 Å². The maximum atomic E-state index is 9.84. The summed E-state index contributed by atoms with van der Waals surface area (Å²) < 4.78 is 5.09. The first-order valence-corrected chi connectivity index (χ1v) is 5.17. The Morgan fingerprint density at radius 2 is 2.07 bits per heavy atom. The fraction of sp³-hybridized carbons (Fsp3) is 0.455. The van der Waals surface area contributed by atoms with Gasteiger partial charge in [-0.05, 0) is 24.6 Å². The van der Waals surface area contributed by atoms with E-state index >= 15 is 0 Å². The zero-order valence-corrected chi connectivity index (χ0v) is 9.53. The Balaban J connectivity index is 3.05. The van der Waals surface area contributed by atoms with Gasteiger partial charge in [0, 0.05) is 10.6 Å². The standard InChI is InChI=1S/C11H15ClO3/c1-3-9(13)11(14)8-6-7(12)4-5-10(8)15-2/h4-6,9,11,13-14H,3H2,1-2H3. The van der Waals surface area contributed by atoms with Crippen LogP contribution in [0.4, 0.5) is 0 Å². The second-order valence-corrected chi connectivity index (χ2v) is 3.74. The molecule has 1 aromatic carbocycles. The Kier molecular flexibility index (Phi) is 4.39. The molecule has 0 heterocycles. The quantitative estimate of drug-likeness (QED) is 0.834. The highest BCUT2D eigenvalue weighted by atomic mass is 35.5. The molecule has 2 N–H and O–H groups in total. The van der Waals surface area contributed by atoms with E-state index in [2.05, 4.69) is 0 Å². The third-order valence-electron chi connectivity index (χ3n) is 2.29. The van der Waals surface area contributed by atoms with Crippen molar-refractivity contribution in [2.45, 2.75) is 25.6 Å². The molecule has 1 aromatic rings. The molecular weight excluding hydrogens is 216 g/mol. The Morgan fingerprint density at radius 3 is 2.60 bits per heavy atom. The zero-order chi connectivity index (χ0) is 11.4. The minimum Gasteiger partial charge on any atom is -0.496 e. The number of halogens is 1. The number of aliphatic hydroxyl groups excluding tert-OH is 2. The van der Waals surface area contributed by atoms with Crippen molar-refractivity contribution in [3.05, 3.63) is 28.8 Å². The van der Waals surface area contributed by atoms with Gasteiger partial charge < -0.3 is 14.9 Å². The zero-order valence-electron chi connectivity index (χ0n) is 8.77. The van der Waals surface area contributed by atoms with Gasteiger partial charge in [0.05, 0.1) is 13.2 Å². The summed E-state index contributed by atoms with van der Waals surface area (Å²) >= 11 is 5.82. The predicted molar refractivity (Wildman–Crippen MR) is 59.3 cm³/mol. The molecule has 0 amide bonds. The number of aliphatic hydroxyl groups is 2. The van der Waals surface area contributed by atoms with Crippen molar-refractivity contribution in [3.8, 4) is 5.75 Å². The van der Waals surface area contributed by atoms with E-state index in [1.807, 2.05) is 0 Å². The van der Waals surface area contributed by atoms with Crippen molar-refractivity contribution >= 4 is 11.6 Å². The van der Waals surface area contributed by atoms with Crippen LogP contribution >= 0.6 is 11.6 Å². The van der Waals surface area contributed by atoms with Crippen LogP contribution in [0, 0.1) is 0 Å². The Morgan fingerprint density at radius 1 is 1.40 bits per heavy atom. The Hall–Kier alpha value is -0.770. The smallest absolute Gasteiger partial charge is 0.124 e. The minimum atomic E-state index is -0.969. The molecule has 0 saturated carbocycles. The number of rotatable bonds is 4. The fourth-order valence-corrected chi connectivity index (χ4v) is 1.55. The monoisotopic (exact) mass is 230 g/mol. The van der Waals surface area contributed by atoms with E-state index in [1.165, 1.54) is 7.11 Å². The summed E-state index contributed by atoms with van der Waals surface area (Å²) in [6.07, 6.45) is -1.31. The van der Waals surface area contributed by atoms with Crippen molar-refractivity contribution in [1.82, 2.24) is 0 Å². The summed E-state index contributed by atoms with van der Waals surface area (Å²) in [4.78, 5) is 0. The first-order valence-electron chi connectivity index (χ1n) is 4.79. The van der Waals surface area contributed by atoms with E-state index in [-0.39, 0.29) is 0 Å². The minimum absolute atomic E-state index is 0.469. The molecule has 2 unspecified atom stereocenters. The highest BCUT2D eigenvalue weighted by molar-refractivity contribution is 6.30. The molecular formula is C11H15ClO3. The molecule has 0 aliphatic carbocycles. The third kappa shape index (κ3) is 2.84. The molecule has 0 spiro atoms. The van der Waals surface area contributed by atoms with Crippen LogP contribution in [0.3, 0.4) is 0 Å². The molecule has 84 valence electrons. The average molecular weight is 231 g/mol. The second kappa shape index (κ2) is 5.35. The number of benzene rings is 1. The molecule has 0 aromatic heterocycles. The summed E-state index contributed by atoms with van der Waals surface area (Å²) in [5.74, 6) is 0.527. The topological polar surface area (TPSA) is 49.7 Å². The lowest BCUT2D eigenvalue weighted by molar-refractivity contribution is 0.0151. The molecule has 0 aliphatic rings. The van der Waals surface area contributed by atoms with E-state index < -0.39 is 12.2 Å². The summed E-state index contributed by atoms with van der Waals surface area (Å²) in [6.45, 7) is 1.80. The first kappa shape index (κ1) is 12.3. The van der Waals surface area contributed by atoms with Crippen LogP contribution in [0.15, 0.2) is 18.2 Å². The molecule has 3 nitrogen and oxygen atoms in total. The Labute approximate surface area is 94.3 Å². The van der Waals surface area contributed by atoms with E-state index in [0.29, 0.717) is 22.8 Å². The lowest BCUT2D eigenvalue weighted by Gasteiger charge is -2.19. The normalized spacial score (nSPS) is 14.7. The van der Waals surface area contributed by atoms with Crippen LogP contribution < -0.4 is 4.74 Å². The largest absolute Gasteiger partial charge is 0.496 e. The Bertz CT molecular complexity index is 328. The van der Waals surface area contributed by atoms with Crippen molar-refractivity contribution in [2.75, 3.05) is 7.11 Å². The molecule has 0 radical (unpaired) electrons. The highest BCUT2D eigenvalue weighted by Crippen LogP contribution is 2.30. The molecule has 4 heteroatoms. The van der Waals surface area contributed by atoms with Crippen LogP contribution in [0.25, 0.3) is 0 Å². The van der Waals surface area contributed by atoms with Gasteiger partial charge in [-0.15, -0.1) is 0 Å². The van der Waals surface area contributed by atoms with E-state index in [1.54, 1.807) is 25.1 Å². The van der Waals surface area contributed by atoms with E-state index in [9.17, 15) is 10.2 Å². The van der Waals surface area contributed by atoms with Gasteiger partial charge in [0.15, 0.2) is 0 Å². The molecule has 0 saturated heterocycles. The highest BCUT2D eigenvalue weighted by Gasteiger charge is 2.20. The van der Waals surface area contributed by atoms with Gasteiger partial charge >= 0.3 is 0 Å². The molecule has 0 aliphatic heterocycles. The van der Waals surface area contributed by atoms with Crippen LogP contribution in [0.2, 0.25) is 5.02 Å². The summed E-state index contributed by atoms with van der Waals surface area (Å²) in [5, 5.41) is 19.9. The van der Waals surface area contributed by atoms with Gasteiger partial charge in [0.1, 0.15) is 11.9 Å². The van der Waals surface area contributed by atoms with Gasteiger partial charge in [-0.25, -0.2) is 0 Å². The van der Waals surface area contributed by atoms with Crippen molar-refractivity contribution in [2.24, 2.45) is 0 Å². The van der Waals surface area contributed by atoms with Gasteiger partial charge in [0.2, 0.25) is 0 Å². The average Bonchev–Trinajstić information content (AvgIpc) is 2.27. The van der Waals surface area contributed by atoms with Crippen molar-refractivity contribution in [3.63, 3.8) is 0 Å². The van der Waals surface area contributed by atoms with Crippen LogP contribution in [0.1, 0.15) is 25.0 Å². The lowest BCUT2D eigenvalue weighted by atomic mass is 10.0. The lowest BCUT2D eigenvalue weighted by Crippen LogP contribution is -2.17. The van der Waals surface area contributed by atoms with Crippen LogP contribution in [-0.2, 0) is 0 Å². The predicted octanol–water partition coefficient (Wildman–Crippen LogP) is 2.15. The van der Waals surface area contributed by atoms with Gasteiger partial charge in [-0.1, -0.05) is 18.5 Å². The third-order valence-corrected chi connectivity index (χ3v) is 2.53. The first-order chi connectivity index (χ1) is 7.10. The van der Waals surface area contributed by atoms with Crippen molar-refractivity contribution < 1.29 is 14.9 Å². The second-order valence-electron chi connectivity index (χ2n) is 3.31. The number of methoxy groups -OCH3 is 1. The molecule has 0 fully saturated rings. The number of ether oxygens (including phenoxy) is 1. The van der Waals surface area contributed by atoms with Crippen LogP contribution in [-0.4, -0.2) is 23.4 Å².